The molecule has 0 saturated carbocycles. The van der Waals surface area contributed by atoms with E-state index >= 15 is 0 Å². The fourth-order valence-corrected chi connectivity index (χ4v) is 5.35. The van der Waals surface area contributed by atoms with Gasteiger partial charge < -0.3 is 10.1 Å². The maximum atomic E-state index is 12.4. The number of carbonyl (C=O) groups excluding carboxylic acids is 1. The van der Waals surface area contributed by atoms with Crippen LogP contribution < -0.4 is 14.8 Å². The van der Waals surface area contributed by atoms with Gasteiger partial charge in [0.1, 0.15) is 10.6 Å². The van der Waals surface area contributed by atoms with Crippen LogP contribution in [-0.2, 0) is 21.4 Å². The van der Waals surface area contributed by atoms with Crippen LogP contribution in [0.4, 0.5) is 5.69 Å². The Morgan fingerprint density at radius 2 is 1.94 bits per heavy atom. The lowest BCUT2D eigenvalue weighted by Crippen LogP contribution is -2.31. The number of hydrogen-bond donors (Lipinski definition) is 2. The summed E-state index contributed by atoms with van der Waals surface area (Å²) in [7, 11) is -0.939. The van der Waals surface area contributed by atoms with Gasteiger partial charge in [-0.05, 0) is 54.9 Å². The topological polar surface area (TPSA) is 87.7 Å². The van der Waals surface area contributed by atoms with E-state index in [0.29, 0.717) is 5.56 Å². The maximum absolute atomic E-state index is 12.4. The quantitative estimate of drug-likeness (QED) is 0.571. The molecule has 9 heteroatoms. The third kappa shape index (κ3) is 6.35. The molecule has 1 saturated heterocycles. The van der Waals surface area contributed by atoms with Gasteiger partial charge in [0, 0.05) is 42.9 Å². The molecule has 2 aromatic carbocycles. The molecule has 2 aromatic rings. The van der Waals surface area contributed by atoms with Crippen molar-refractivity contribution in [1.82, 2.24) is 9.62 Å². The molecule has 3 rings (SSSR count). The van der Waals surface area contributed by atoms with Crippen molar-refractivity contribution in [3.05, 3.63) is 59.2 Å². The number of carbonyl (C=O) groups is 1. The number of sulfonamides is 1. The molecular formula is C23H29N3O4S2. The number of hydrogen-bond acceptors (Lipinski definition) is 6. The lowest BCUT2D eigenvalue weighted by atomic mass is 10.1. The minimum absolute atomic E-state index is 0.0174. The molecule has 1 aliphatic heterocycles. The van der Waals surface area contributed by atoms with Gasteiger partial charge in [-0.1, -0.05) is 18.2 Å². The molecule has 0 bridgehead atoms. The Morgan fingerprint density at radius 1 is 1.19 bits per heavy atom. The first kappa shape index (κ1) is 24.3. The van der Waals surface area contributed by atoms with Crippen molar-refractivity contribution in [3.63, 3.8) is 0 Å². The maximum Gasteiger partial charge on any atom is 0.248 e. The summed E-state index contributed by atoms with van der Waals surface area (Å²) in [5, 5.41) is 2.89. The van der Waals surface area contributed by atoms with E-state index < -0.39 is 10.0 Å². The van der Waals surface area contributed by atoms with E-state index in [1.807, 2.05) is 30.8 Å². The number of thioether (sulfide) groups is 1. The molecule has 0 unspecified atom stereocenters. The molecule has 1 fully saturated rings. The third-order valence-electron chi connectivity index (χ3n) is 5.23. The van der Waals surface area contributed by atoms with E-state index in [-0.39, 0.29) is 16.6 Å². The summed E-state index contributed by atoms with van der Waals surface area (Å²) in [5.41, 5.74) is 3.56. The second-order valence-electron chi connectivity index (χ2n) is 7.48. The van der Waals surface area contributed by atoms with E-state index in [4.69, 9.17) is 4.74 Å². The molecule has 0 aliphatic carbocycles. The molecule has 7 nitrogen and oxygen atoms in total. The average molecular weight is 476 g/mol. The first-order chi connectivity index (χ1) is 15.3. The number of ether oxygens (including phenoxy) is 1. The Balaban J connectivity index is 1.67. The minimum atomic E-state index is -3.69. The predicted molar refractivity (Wildman–Crippen MR) is 131 cm³/mol. The van der Waals surface area contributed by atoms with E-state index in [2.05, 4.69) is 21.0 Å². The zero-order chi connectivity index (χ0) is 23.1. The van der Waals surface area contributed by atoms with E-state index in [1.54, 1.807) is 18.2 Å². The number of anilines is 1. The summed E-state index contributed by atoms with van der Waals surface area (Å²) in [6, 6.07) is 10.8. The summed E-state index contributed by atoms with van der Waals surface area (Å²) in [6.07, 6.45) is 2.96. The van der Waals surface area contributed by atoms with Crippen LogP contribution in [0.3, 0.4) is 0 Å². The summed E-state index contributed by atoms with van der Waals surface area (Å²) in [5.74, 6) is 2.30. The van der Waals surface area contributed by atoms with Crippen molar-refractivity contribution < 1.29 is 17.9 Å². The monoisotopic (exact) mass is 475 g/mol. The number of nitrogens with zero attached hydrogens (tertiary/aromatic N) is 1. The van der Waals surface area contributed by atoms with Crippen molar-refractivity contribution in [1.29, 1.82) is 0 Å². The highest BCUT2D eigenvalue weighted by Gasteiger charge is 2.18. The second-order valence-corrected chi connectivity index (χ2v) is 10.6. The number of rotatable bonds is 8. The standard InChI is InChI=1S/C23H29N3O4S2/c1-17-14-19(16-26-10-12-31-13-11-26)4-7-20(17)25-23(27)9-6-18-5-8-21(30-3)22(15-18)32(28,29)24-2/h4-9,14-15,24H,10-13,16H2,1-3H3,(H,25,27)/b9-6+. The molecule has 0 atom stereocenters. The number of nitrogens with one attached hydrogen (secondary N) is 2. The Kier molecular flexibility index (Phi) is 8.36. The number of benzene rings is 2. The van der Waals surface area contributed by atoms with Gasteiger partial charge in [-0.25, -0.2) is 13.1 Å². The fraction of sp³-hybridized carbons (Fsp3) is 0.348. The average Bonchev–Trinajstić information content (AvgIpc) is 2.80. The highest BCUT2D eigenvalue weighted by atomic mass is 32.2. The van der Waals surface area contributed by atoms with Crippen molar-refractivity contribution in [2.45, 2.75) is 18.4 Å². The molecule has 0 spiro atoms. The molecule has 172 valence electrons. The Hall–Kier alpha value is -2.33. The lowest BCUT2D eigenvalue weighted by Gasteiger charge is -2.26. The van der Waals surface area contributed by atoms with Crippen molar-refractivity contribution in [2.75, 3.05) is 44.1 Å². The first-order valence-electron chi connectivity index (χ1n) is 10.3. The smallest absolute Gasteiger partial charge is 0.248 e. The van der Waals surface area contributed by atoms with Crippen LogP contribution in [0.2, 0.25) is 0 Å². The van der Waals surface area contributed by atoms with Gasteiger partial charge in [0.05, 0.1) is 7.11 Å². The summed E-state index contributed by atoms with van der Waals surface area (Å²) < 4.78 is 31.8. The molecule has 1 heterocycles. The Bertz CT molecular complexity index is 1090. The highest BCUT2D eigenvalue weighted by Crippen LogP contribution is 2.25. The van der Waals surface area contributed by atoms with Crippen molar-refractivity contribution >= 4 is 39.5 Å². The summed E-state index contributed by atoms with van der Waals surface area (Å²) >= 11 is 1.99. The summed E-state index contributed by atoms with van der Waals surface area (Å²) in [6.45, 7) is 5.11. The largest absolute Gasteiger partial charge is 0.495 e. The Labute approximate surface area is 194 Å². The number of aryl methyl sites for hydroxylation is 1. The van der Waals surface area contributed by atoms with Gasteiger partial charge in [-0.2, -0.15) is 11.8 Å². The molecule has 32 heavy (non-hydrogen) atoms. The van der Waals surface area contributed by atoms with Crippen LogP contribution in [-0.4, -0.2) is 58.0 Å². The van der Waals surface area contributed by atoms with E-state index in [9.17, 15) is 13.2 Å². The normalized spacial score (nSPS) is 15.1. The van der Waals surface area contributed by atoms with Crippen LogP contribution in [0.1, 0.15) is 16.7 Å². The lowest BCUT2D eigenvalue weighted by molar-refractivity contribution is -0.111. The van der Waals surface area contributed by atoms with Gasteiger partial charge in [0.2, 0.25) is 15.9 Å². The van der Waals surface area contributed by atoms with Crippen LogP contribution in [0.25, 0.3) is 6.08 Å². The third-order valence-corrected chi connectivity index (χ3v) is 7.61. The van der Waals surface area contributed by atoms with E-state index in [1.165, 1.54) is 43.4 Å². The van der Waals surface area contributed by atoms with Crippen molar-refractivity contribution in [3.8, 4) is 5.75 Å². The Morgan fingerprint density at radius 3 is 2.59 bits per heavy atom. The second kappa shape index (κ2) is 11.0. The molecule has 0 aromatic heterocycles. The SMILES string of the molecule is CNS(=O)(=O)c1cc(/C=C/C(=O)Nc2ccc(CN3CCSCC3)cc2C)ccc1OC. The van der Waals surface area contributed by atoms with Crippen LogP contribution >= 0.6 is 11.8 Å². The van der Waals surface area contributed by atoms with Crippen LogP contribution in [0.15, 0.2) is 47.4 Å². The van der Waals surface area contributed by atoms with Crippen LogP contribution in [0.5, 0.6) is 5.75 Å². The minimum Gasteiger partial charge on any atom is -0.495 e. The molecule has 2 N–H and O–H groups in total. The summed E-state index contributed by atoms with van der Waals surface area (Å²) in [4.78, 5) is 14.9. The highest BCUT2D eigenvalue weighted by molar-refractivity contribution is 7.99. The molecular weight excluding hydrogens is 446 g/mol. The van der Waals surface area contributed by atoms with Gasteiger partial charge in [-0.15, -0.1) is 0 Å². The van der Waals surface area contributed by atoms with Crippen LogP contribution in [0, 0.1) is 6.92 Å². The fourth-order valence-electron chi connectivity index (χ4n) is 3.45. The zero-order valence-corrected chi connectivity index (χ0v) is 20.2. The first-order valence-corrected chi connectivity index (χ1v) is 13.0. The van der Waals surface area contributed by atoms with Gasteiger partial charge in [0.15, 0.2) is 0 Å². The van der Waals surface area contributed by atoms with Gasteiger partial charge in [0.25, 0.3) is 0 Å². The van der Waals surface area contributed by atoms with Gasteiger partial charge in [-0.3, -0.25) is 9.69 Å². The molecule has 1 aliphatic rings. The predicted octanol–water partition coefficient (Wildman–Crippen LogP) is 3.11. The number of amides is 1. The number of methoxy groups -OCH3 is 1. The zero-order valence-electron chi connectivity index (χ0n) is 18.6. The van der Waals surface area contributed by atoms with Crippen molar-refractivity contribution in [2.24, 2.45) is 0 Å². The van der Waals surface area contributed by atoms with Gasteiger partial charge >= 0.3 is 0 Å². The molecule has 1 amide bonds. The van der Waals surface area contributed by atoms with E-state index in [0.717, 1.165) is 30.9 Å². The molecule has 0 radical (unpaired) electrons.